The van der Waals surface area contributed by atoms with Crippen LogP contribution in [0.25, 0.3) is 33.7 Å². The summed E-state index contributed by atoms with van der Waals surface area (Å²) in [5.41, 5.74) is 7.72. The maximum atomic E-state index is 8.53. The second kappa shape index (κ2) is 8.36. The molecule has 152 valence electrons. The molecule has 32 heavy (non-hydrogen) atoms. The molecule has 0 fully saturated rings. The number of aromatic nitrogens is 2. The van der Waals surface area contributed by atoms with E-state index < -0.39 is 0 Å². The van der Waals surface area contributed by atoms with Gasteiger partial charge in [-0.25, -0.2) is 0 Å². The van der Waals surface area contributed by atoms with Crippen molar-refractivity contribution in [3.05, 3.63) is 121 Å². The third kappa shape index (κ3) is 3.82. The van der Waals surface area contributed by atoms with Crippen molar-refractivity contribution in [1.82, 2.24) is 9.97 Å². The number of nitrogens with zero attached hydrogens (tertiary/aromatic N) is 2. The molecular formula is C28H20N4. The largest absolute Gasteiger partial charge is 0.299 e. The highest BCUT2D eigenvalue weighted by Gasteiger charge is 2.19. The first kappa shape index (κ1) is 19.5. The van der Waals surface area contributed by atoms with Gasteiger partial charge in [0.15, 0.2) is 0 Å². The fraction of sp³-hybridized carbons (Fsp3) is 0. The van der Waals surface area contributed by atoms with Crippen LogP contribution in [0.1, 0.15) is 11.1 Å². The van der Waals surface area contributed by atoms with Crippen molar-refractivity contribution in [2.75, 3.05) is 0 Å². The van der Waals surface area contributed by atoms with Crippen molar-refractivity contribution in [2.24, 2.45) is 0 Å². The highest BCUT2D eigenvalue weighted by Crippen LogP contribution is 2.31. The van der Waals surface area contributed by atoms with Crippen LogP contribution >= 0.6 is 0 Å². The summed E-state index contributed by atoms with van der Waals surface area (Å²) in [6.45, 7) is 0. The topological polar surface area (TPSA) is 73.5 Å². The molecule has 2 aromatic heterocycles. The van der Waals surface area contributed by atoms with E-state index in [1.807, 2.05) is 84.9 Å². The normalized spacial score (nSPS) is 13.5. The van der Waals surface area contributed by atoms with Crippen molar-refractivity contribution >= 4 is 22.6 Å². The molecule has 1 aliphatic carbocycles. The Morgan fingerprint density at radius 2 is 1.09 bits per heavy atom. The van der Waals surface area contributed by atoms with Crippen LogP contribution in [0.3, 0.4) is 0 Å². The smallest absolute Gasteiger partial charge is 0.0867 e. The van der Waals surface area contributed by atoms with E-state index in [2.05, 4.69) is 16.0 Å². The van der Waals surface area contributed by atoms with Gasteiger partial charge >= 0.3 is 0 Å². The molecule has 0 bridgehead atoms. The lowest BCUT2D eigenvalue weighted by Crippen LogP contribution is -2.15. The molecule has 0 unspecified atom stereocenters. The zero-order valence-electron chi connectivity index (χ0n) is 17.3. The van der Waals surface area contributed by atoms with Gasteiger partial charge in [-0.2, -0.15) is 0 Å². The summed E-state index contributed by atoms with van der Waals surface area (Å²) in [6.07, 6.45) is 7.31. The summed E-state index contributed by atoms with van der Waals surface area (Å²) in [5, 5.41) is 17.0. The molecule has 4 nitrogen and oxygen atoms in total. The summed E-state index contributed by atoms with van der Waals surface area (Å²) in [5.74, 6) is 0. The average Bonchev–Trinajstić information content (AvgIpc) is 2.87. The van der Waals surface area contributed by atoms with Crippen molar-refractivity contribution < 1.29 is 0 Å². The van der Waals surface area contributed by atoms with Crippen LogP contribution in [0, 0.1) is 10.8 Å². The van der Waals surface area contributed by atoms with Gasteiger partial charge in [-0.15, -0.1) is 0 Å². The Labute approximate surface area is 186 Å². The standard InChI is InChI=1S/C28H20N4/c29-25-18-23(19-7-5-9-21(15-19)26-11-1-3-13-31-26)17-24(28(25)30)20-8-6-10-22(16-20)27-12-2-4-14-32-27/h1-18,29-30H. The number of hydrogen-bond acceptors (Lipinski definition) is 4. The third-order valence-corrected chi connectivity index (χ3v) is 5.43. The molecule has 2 aromatic carbocycles. The van der Waals surface area contributed by atoms with Crippen LogP contribution in [0.2, 0.25) is 0 Å². The number of nitrogens with one attached hydrogen (secondary N) is 2. The van der Waals surface area contributed by atoms with E-state index in [0.717, 1.165) is 44.8 Å². The number of benzene rings is 2. The predicted molar refractivity (Wildman–Crippen MR) is 131 cm³/mol. The second-order valence-corrected chi connectivity index (χ2v) is 7.54. The Kier molecular flexibility index (Phi) is 5.10. The number of hydrogen-bond donors (Lipinski definition) is 2. The Balaban J connectivity index is 1.56. The molecule has 2 N–H and O–H groups in total. The fourth-order valence-electron chi connectivity index (χ4n) is 3.81. The van der Waals surface area contributed by atoms with E-state index in [1.54, 1.807) is 18.5 Å². The minimum absolute atomic E-state index is 0.198. The average molecular weight is 412 g/mol. The minimum Gasteiger partial charge on any atom is -0.299 e. The van der Waals surface area contributed by atoms with Gasteiger partial charge in [-0.3, -0.25) is 20.8 Å². The van der Waals surface area contributed by atoms with Gasteiger partial charge < -0.3 is 0 Å². The molecule has 0 amide bonds. The Hall–Kier alpha value is -4.44. The molecule has 0 saturated carbocycles. The van der Waals surface area contributed by atoms with Crippen LogP contribution in [0.4, 0.5) is 0 Å². The lowest BCUT2D eigenvalue weighted by molar-refractivity contribution is 1.32. The third-order valence-electron chi connectivity index (χ3n) is 5.43. The first-order valence-corrected chi connectivity index (χ1v) is 10.3. The first-order chi connectivity index (χ1) is 15.7. The van der Waals surface area contributed by atoms with Crippen LogP contribution in [0.5, 0.6) is 0 Å². The Morgan fingerprint density at radius 1 is 0.531 bits per heavy atom. The number of rotatable bonds is 4. The van der Waals surface area contributed by atoms with Crippen molar-refractivity contribution in [1.29, 1.82) is 10.8 Å². The van der Waals surface area contributed by atoms with E-state index in [0.29, 0.717) is 0 Å². The van der Waals surface area contributed by atoms with Crippen LogP contribution in [0.15, 0.2) is 109 Å². The van der Waals surface area contributed by atoms with Gasteiger partial charge in [0.05, 0.1) is 22.8 Å². The number of allylic oxidation sites excluding steroid dienone is 4. The monoisotopic (exact) mass is 412 g/mol. The van der Waals surface area contributed by atoms with Gasteiger partial charge in [0, 0.05) is 29.1 Å². The molecule has 0 aliphatic heterocycles. The van der Waals surface area contributed by atoms with Crippen molar-refractivity contribution in [3.63, 3.8) is 0 Å². The zero-order valence-corrected chi connectivity index (χ0v) is 17.3. The molecule has 0 radical (unpaired) electrons. The SMILES string of the molecule is N=C1C=C(c2cccc(-c3ccccn3)c2)C=C(c2cccc(-c3ccccn3)c2)C1=N. The second-order valence-electron chi connectivity index (χ2n) is 7.54. The first-order valence-electron chi connectivity index (χ1n) is 10.3. The van der Waals surface area contributed by atoms with E-state index >= 15 is 0 Å². The zero-order chi connectivity index (χ0) is 21.9. The lowest BCUT2D eigenvalue weighted by Gasteiger charge is -2.17. The van der Waals surface area contributed by atoms with E-state index in [1.165, 1.54) is 0 Å². The lowest BCUT2D eigenvalue weighted by atomic mass is 9.87. The van der Waals surface area contributed by atoms with Crippen molar-refractivity contribution in [2.45, 2.75) is 0 Å². The molecule has 4 heteroatoms. The summed E-state index contributed by atoms with van der Waals surface area (Å²) < 4.78 is 0. The molecule has 1 aliphatic rings. The van der Waals surface area contributed by atoms with E-state index in [-0.39, 0.29) is 11.4 Å². The highest BCUT2D eigenvalue weighted by molar-refractivity contribution is 6.61. The molecule has 0 saturated heterocycles. The quantitative estimate of drug-likeness (QED) is 0.384. The Bertz CT molecular complexity index is 1380. The summed E-state index contributed by atoms with van der Waals surface area (Å²) in [7, 11) is 0. The summed E-state index contributed by atoms with van der Waals surface area (Å²) in [6, 6.07) is 27.8. The highest BCUT2D eigenvalue weighted by atomic mass is 14.7. The van der Waals surface area contributed by atoms with E-state index in [9.17, 15) is 0 Å². The summed E-state index contributed by atoms with van der Waals surface area (Å²) in [4.78, 5) is 8.88. The molecule has 4 aromatic rings. The van der Waals surface area contributed by atoms with Crippen LogP contribution in [-0.4, -0.2) is 21.4 Å². The van der Waals surface area contributed by atoms with Gasteiger partial charge in [-0.1, -0.05) is 48.5 Å². The van der Waals surface area contributed by atoms with Crippen molar-refractivity contribution in [3.8, 4) is 22.5 Å². The number of pyridine rings is 2. The maximum absolute atomic E-state index is 8.53. The maximum Gasteiger partial charge on any atom is 0.0867 e. The minimum atomic E-state index is 0.198. The predicted octanol–water partition coefficient (Wildman–Crippen LogP) is 6.33. The van der Waals surface area contributed by atoms with Gasteiger partial charge in [-0.05, 0) is 65.3 Å². The molecule has 0 spiro atoms. The van der Waals surface area contributed by atoms with E-state index in [4.69, 9.17) is 10.8 Å². The molecule has 2 heterocycles. The molecular weight excluding hydrogens is 392 g/mol. The van der Waals surface area contributed by atoms with Gasteiger partial charge in [0.2, 0.25) is 0 Å². The summed E-state index contributed by atoms with van der Waals surface area (Å²) >= 11 is 0. The molecule has 0 atom stereocenters. The van der Waals surface area contributed by atoms with Crippen LogP contribution < -0.4 is 0 Å². The van der Waals surface area contributed by atoms with Gasteiger partial charge in [0.25, 0.3) is 0 Å². The molecule has 5 rings (SSSR count). The fourth-order valence-corrected chi connectivity index (χ4v) is 3.81. The van der Waals surface area contributed by atoms with Gasteiger partial charge in [0.1, 0.15) is 0 Å². The van der Waals surface area contributed by atoms with Crippen LogP contribution in [-0.2, 0) is 0 Å². The Morgan fingerprint density at radius 3 is 1.69 bits per heavy atom.